The van der Waals surface area contributed by atoms with Gasteiger partial charge in [0.15, 0.2) is 6.10 Å². The van der Waals surface area contributed by atoms with Gasteiger partial charge in [-0.2, -0.15) is 0 Å². The molecule has 0 radical (unpaired) electrons. The van der Waals surface area contributed by atoms with Gasteiger partial charge in [0.2, 0.25) is 5.71 Å². The summed E-state index contributed by atoms with van der Waals surface area (Å²) in [6.07, 6.45) is 13.4. The van der Waals surface area contributed by atoms with E-state index in [4.69, 9.17) is 14.5 Å². The maximum Gasteiger partial charge on any atom is 0.363 e. The van der Waals surface area contributed by atoms with E-state index in [0.29, 0.717) is 18.9 Å². The van der Waals surface area contributed by atoms with Gasteiger partial charge in [-0.25, -0.2) is 9.59 Å². The van der Waals surface area contributed by atoms with Crippen molar-refractivity contribution in [2.24, 2.45) is 10.1 Å². The molecule has 2 rings (SSSR count). The van der Waals surface area contributed by atoms with Crippen molar-refractivity contribution in [1.29, 1.82) is 0 Å². The van der Waals surface area contributed by atoms with Crippen LogP contribution in [0, 0.1) is 6.92 Å². The number of carbonyl (C=O) groups is 2. The maximum absolute atomic E-state index is 13.0. The monoisotopic (exact) mass is 542 g/mol. The maximum atomic E-state index is 13.0. The number of esters is 2. The fourth-order valence-electron chi connectivity index (χ4n) is 5.81. The zero-order valence-corrected chi connectivity index (χ0v) is 24.9. The molecule has 218 valence electrons. The van der Waals surface area contributed by atoms with Crippen molar-refractivity contribution in [2.45, 2.75) is 130 Å². The Morgan fingerprint density at radius 3 is 2.18 bits per heavy atom. The van der Waals surface area contributed by atoms with Gasteiger partial charge in [-0.3, -0.25) is 4.99 Å². The standard InChI is InChI=1S/C32H50N2O5/c1-6-9-10-11-12-13-14-15-16-22-38-30(35)25(5)39-31(36)29(34-37)28-26-19-17-18-24(4)27(26)32(20-7-2,21-8-3)23-33-28/h17-19,25,37H,6-16,20-23H2,1-5H3/b34-29+. The van der Waals surface area contributed by atoms with E-state index in [-0.39, 0.29) is 11.1 Å². The van der Waals surface area contributed by atoms with Crippen LogP contribution < -0.4 is 0 Å². The van der Waals surface area contributed by atoms with Crippen LogP contribution in [0.1, 0.15) is 128 Å². The van der Waals surface area contributed by atoms with E-state index in [0.717, 1.165) is 61.6 Å². The molecule has 0 saturated heterocycles. The molecule has 1 atom stereocenters. The van der Waals surface area contributed by atoms with Gasteiger partial charge < -0.3 is 14.7 Å². The van der Waals surface area contributed by atoms with Gasteiger partial charge in [-0.15, -0.1) is 0 Å². The van der Waals surface area contributed by atoms with Gasteiger partial charge in [0.1, 0.15) is 5.71 Å². The van der Waals surface area contributed by atoms with E-state index in [1.54, 1.807) is 0 Å². The molecule has 1 aromatic carbocycles. The minimum atomic E-state index is -1.12. The number of aliphatic imine (C=N–C) groups is 1. The summed E-state index contributed by atoms with van der Waals surface area (Å²) in [5, 5.41) is 13.1. The van der Waals surface area contributed by atoms with Gasteiger partial charge in [-0.05, 0) is 44.2 Å². The lowest BCUT2D eigenvalue weighted by atomic mass is 9.68. The second-order valence-corrected chi connectivity index (χ2v) is 10.9. The summed E-state index contributed by atoms with van der Waals surface area (Å²) >= 11 is 0. The molecule has 7 heteroatoms. The van der Waals surface area contributed by atoms with Crippen molar-refractivity contribution in [3.63, 3.8) is 0 Å². The summed E-state index contributed by atoms with van der Waals surface area (Å²) in [6, 6.07) is 5.91. The van der Waals surface area contributed by atoms with Gasteiger partial charge in [0.05, 0.1) is 6.61 Å². The van der Waals surface area contributed by atoms with Gasteiger partial charge in [0.25, 0.3) is 0 Å². The van der Waals surface area contributed by atoms with E-state index in [1.807, 2.05) is 12.1 Å². The Bertz CT molecular complexity index is 979. The highest BCUT2D eigenvalue weighted by Gasteiger charge is 2.40. The van der Waals surface area contributed by atoms with E-state index in [2.05, 4.69) is 38.9 Å². The molecule has 0 spiro atoms. The van der Waals surface area contributed by atoms with Crippen LogP contribution in [0.2, 0.25) is 0 Å². The Morgan fingerprint density at radius 1 is 0.974 bits per heavy atom. The lowest BCUT2D eigenvalue weighted by Gasteiger charge is -2.39. The number of hydrogen-bond acceptors (Lipinski definition) is 7. The molecule has 0 aliphatic carbocycles. The normalized spacial score (nSPS) is 15.3. The van der Waals surface area contributed by atoms with Crippen LogP contribution in [0.25, 0.3) is 0 Å². The first-order valence-electron chi connectivity index (χ1n) is 15.1. The number of rotatable bonds is 18. The largest absolute Gasteiger partial charge is 0.463 e. The molecule has 39 heavy (non-hydrogen) atoms. The average Bonchev–Trinajstić information content (AvgIpc) is 2.91. The second-order valence-electron chi connectivity index (χ2n) is 10.9. The molecule has 0 fully saturated rings. The van der Waals surface area contributed by atoms with Crippen molar-refractivity contribution in [3.05, 3.63) is 34.9 Å². The number of nitrogens with zero attached hydrogens (tertiary/aromatic N) is 2. The third-order valence-electron chi connectivity index (χ3n) is 7.68. The fraction of sp³-hybridized carbons (Fsp3) is 0.688. The zero-order valence-electron chi connectivity index (χ0n) is 24.9. The third kappa shape index (κ3) is 9.18. The van der Waals surface area contributed by atoms with Crippen LogP contribution in [-0.4, -0.2) is 47.8 Å². The van der Waals surface area contributed by atoms with Crippen LogP contribution in [0.4, 0.5) is 0 Å². The van der Waals surface area contributed by atoms with Crippen LogP contribution >= 0.6 is 0 Å². The number of ether oxygens (including phenoxy) is 2. The average molecular weight is 543 g/mol. The molecule has 0 bridgehead atoms. The highest BCUT2D eigenvalue weighted by molar-refractivity contribution is 6.69. The number of carbonyl (C=O) groups excluding carboxylic acids is 2. The highest BCUT2D eigenvalue weighted by Crippen LogP contribution is 2.41. The molecule has 1 heterocycles. The minimum Gasteiger partial charge on any atom is -0.463 e. The fourth-order valence-corrected chi connectivity index (χ4v) is 5.81. The number of hydrogen-bond donors (Lipinski definition) is 1. The molecule has 0 aromatic heterocycles. The Balaban J connectivity index is 1.96. The summed E-state index contributed by atoms with van der Waals surface area (Å²) in [4.78, 5) is 30.2. The van der Waals surface area contributed by atoms with E-state index < -0.39 is 18.0 Å². The van der Waals surface area contributed by atoms with Crippen molar-refractivity contribution in [2.75, 3.05) is 13.2 Å². The Labute approximate surface area is 235 Å². The van der Waals surface area contributed by atoms with Gasteiger partial charge in [0, 0.05) is 17.5 Å². The summed E-state index contributed by atoms with van der Waals surface area (Å²) in [5.74, 6) is -1.50. The molecule has 0 saturated carbocycles. The Hall–Kier alpha value is -2.70. The molecule has 1 aromatic rings. The van der Waals surface area contributed by atoms with Crippen LogP contribution in [0.3, 0.4) is 0 Å². The van der Waals surface area contributed by atoms with E-state index >= 15 is 0 Å². The predicted octanol–water partition coefficient (Wildman–Crippen LogP) is 7.47. The molecule has 0 amide bonds. The van der Waals surface area contributed by atoms with Gasteiger partial charge >= 0.3 is 11.9 Å². The predicted molar refractivity (Wildman–Crippen MR) is 157 cm³/mol. The molecule has 1 aliphatic heterocycles. The van der Waals surface area contributed by atoms with Crippen molar-refractivity contribution < 1.29 is 24.3 Å². The first kappa shape index (κ1) is 32.5. The van der Waals surface area contributed by atoms with Crippen molar-refractivity contribution >= 4 is 23.4 Å². The zero-order chi connectivity index (χ0) is 28.7. The first-order valence-corrected chi connectivity index (χ1v) is 15.1. The molecule has 1 unspecified atom stereocenters. The number of fused-ring (bicyclic) bond motifs is 1. The molecule has 1 N–H and O–H groups in total. The number of oxime groups is 1. The molecular weight excluding hydrogens is 492 g/mol. The first-order chi connectivity index (χ1) is 18.8. The summed E-state index contributed by atoms with van der Waals surface area (Å²) < 4.78 is 10.7. The summed E-state index contributed by atoms with van der Waals surface area (Å²) in [6.45, 7) is 10.9. The third-order valence-corrected chi connectivity index (χ3v) is 7.68. The van der Waals surface area contributed by atoms with E-state index in [1.165, 1.54) is 45.4 Å². The smallest absolute Gasteiger partial charge is 0.363 e. The molecule has 7 nitrogen and oxygen atoms in total. The number of benzene rings is 1. The minimum absolute atomic E-state index is 0.121. The highest BCUT2D eigenvalue weighted by atomic mass is 16.6. The summed E-state index contributed by atoms with van der Waals surface area (Å²) in [5.41, 5.74) is 2.96. The van der Waals surface area contributed by atoms with Crippen LogP contribution in [0.15, 0.2) is 28.3 Å². The molecule has 1 aliphatic rings. The molecular formula is C32H50N2O5. The summed E-state index contributed by atoms with van der Waals surface area (Å²) in [7, 11) is 0. The lowest BCUT2D eigenvalue weighted by molar-refractivity contribution is -0.162. The Kier molecular flexibility index (Phi) is 14.2. The second kappa shape index (κ2) is 17.1. The van der Waals surface area contributed by atoms with E-state index in [9.17, 15) is 14.8 Å². The van der Waals surface area contributed by atoms with Crippen LogP contribution in [0.5, 0.6) is 0 Å². The van der Waals surface area contributed by atoms with Crippen LogP contribution in [-0.2, 0) is 24.5 Å². The van der Waals surface area contributed by atoms with Gasteiger partial charge in [-0.1, -0.05) is 108 Å². The topological polar surface area (TPSA) is 97.6 Å². The SMILES string of the molecule is CCCCCCCCCCCOC(=O)C(C)OC(=O)/C(=N/O)C1=NCC(CCC)(CCC)c2c(C)cccc21. The lowest BCUT2D eigenvalue weighted by Crippen LogP contribution is -2.41. The van der Waals surface area contributed by atoms with Crippen molar-refractivity contribution in [3.8, 4) is 0 Å². The number of aryl methyl sites for hydroxylation is 1. The Morgan fingerprint density at radius 2 is 1.59 bits per heavy atom. The van der Waals surface area contributed by atoms with Crippen molar-refractivity contribution in [1.82, 2.24) is 0 Å². The number of unbranched alkanes of at least 4 members (excludes halogenated alkanes) is 8. The quantitative estimate of drug-likeness (QED) is 0.0682.